The first-order valence-electron chi connectivity index (χ1n) is 12.1. The maximum Gasteiger partial charge on any atom is 0.270 e. The third-order valence-electron chi connectivity index (χ3n) is 6.90. The number of aromatic nitrogens is 2. The smallest absolute Gasteiger partial charge is 0.270 e. The maximum absolute atomic E-state index is 13.6. The van der Waals surface area contributed by atoms with Crippen LogP contribution in [0.4, 0.5) is 0 Å². The average Bonchev–Trinajstić information content (AvgIpc) is 3.40. The Morgan fingerprint density at radius 3 is 2.51 bits per heavy atom. The van der Waals surface area contributed by atoms with Crippen molar-refractivity contribution >= 4 is 27.7 Å². The van der Waals surface area contributed by atoms with Gasteiger partial charge in [-0.3, -0.25) is 4.79 Å². The van der Waals surface area contributed by atoms with Crippen molar-refractivity contribution in [2.45, 2.75) is 57.7 Å². The first kappa shape index (κ1) is 21.9. The lowest BCUT2D eigenvalue weighted by Gasteiger charge is -2.46. The number of carbonyl (C=O) groups excluding carboxylic acids is 1. The third kappa shape index (κ3) is 4.00. The second-order valence-electron chi connectivity index (χ2n) is 11.0. The molecule has 1 fully saturated rings. The summed E-state index contributed by atoms with van der Waals surface area (Å²) in [4.78, 5) is 21.9. The van der Waals surface area contributed by atoms with Crippen molar-refractivity contribution in [1.82, 2.24) is 20.6 Å². The predicted molar refractivity (Wildman–Crippen MR) is 137 cm³/mol. The lowest BCUT2D eigenvalue weighted by atomic mass is 9.79. The highest BCUT2D eigenvalue weighted by Crippen LogP contribution is 2.39. The fraction of sp³-hybridized carbons (Fsp3) is 0.357. The standard InChI is InChI=1S/C28H30N4O3/c1-27(2)13-17(14-28(3,4)32-27)29-26(33)21-12-19-18-7-5-6-8-20(18)30-25(19)24(31-21)16-9-10-22-23(11-16)35-15-34-22/h5-12,17,30,32H,13-15H2,1-4H3,(H,29,33). The van der Waals surface area contributed by atoms with Gasteiger partial charge in [0.2, 0.25) is 6.79 Å². The number of nitrogens with zero attached hydrogens (tertiary/aromatic N) is 1. The Bertz CT molecular complexity index is 1450. The monoisotopic (exact) mass is 470 g/mol. The fourth-order valence-electron chi connectivity index (χ4n) is 5.90. The number of amides is 1. The van der Waals surface area contributed by atoms with Gasteiger partial charge >= 0.3 is 0 Å². The number of ether oxygens (including phenoxy) is 2. The highest BCUT2D eigenvalue weighted by Gasteiger charge is 2.38. The molecule has 7 heteroatoms. The van der Waals surface area contributed by atoms with Crippen LogP contribution in [0, 0.1) is 0 Å². The van der Waals surface area contributed by atoms with Crippen LogP contribution < -0.4 is 20.1 Å². The number of benzene rings is 2. The predicted octanol–water partition coefficient (Wildman–Crippen LogP) is 5.15. The van der Waals surface area contributed by atoms with E-state index in [4.69, 9.17) is 14.5 Å². The highest BCUT2D eigenvalue weighted by molar-refractivity contribution is 6.13. The Labute approximate surface area is 204 Å². The molecule has 7 nitrogen and oxygen atoms in total. The SMILES string of the molecule is CC1(C)CC(NC(=O)c2cc3c([nH]c4ccccc43)c(-c3ccc4c(c3)OCO4)n2)CC(C)(C)N1. The number of H-pyrrole nitrogens is 1. The molecule has 0 radical (unpaired) electrons. The summed E-state index contributed by atoms with van der Waals surface area (Å²) in [6.45, 7) is 8.93. The van der Waals surface area contributed by atoms with E-state index in [1.54, 1.807) is 0 Å². The molecule has 0 unspecified atom stereocenters. The van der Waals surface area contributed by atoms with Gasteiger partial charge in [0.05, 0.1) is 11.2 Å². The van der Waals surface area contributed by atoms with Gasteiger partial charge in [-0.1, -0.05) is 18.2 Å². The first-order chi connectivity index (χ1) is 16.7. The van der Waals surface area contributed by atoms with E-state index in [1.165, 1.54) is 0 Å². The average molecular weight is 471 g/mol. The van der Waals surface area contributed by atoms with E-state index in [0.29, 0.717) is 22.9 Å². The summed E-state index contributed by atoms with van der Waals surface area (Å²) in [5.41, 5.74) is 3.76. The molecular formula is C28H30N4O3. The molecule has 2 aromatic carbocycles. The Hall–Kier alpha value is -3.58. The number of fused-ring (bicyclic) bond motifs is 4. The van der Waals surface area contributed by atoms with Crippen LogP contribution in [0.3, 0.4) is 0 Å². The van der Waals surface area contributed by atoms with Crippen LogP contribution in [-0.4, -0.2) is 39.8 Å². The summed E-state index contributed by atoms with van der Waals surface area (Å²) < 4.78 is 11.1. The van der Waals surface area contributed by atoms with E-state index in [9.17, 15) is 4.79 Å². The summed E-state index contributed by atoms with van der Waals surface area (Å²) in [6, 6.07) is 15.8. The van der Waals surface area contributed by atoms with Crippen LogP contribution in [0.25, 0.3) is 33.1 Å². The zero-order valence-corrected chi connectivity index (χ0v) is 20.5. The van der Waals surface area contributed by atoms with Gasteiger partial charge in [-0.2, -0.15) is 0 Å². The second kappa shape index (κ2) is 7.71. The number of rotatable bonds is 3. The molecule has 3 N–H and O–H groups in total. The van der Waals surface area contributed by atoms with Gasteiger partial charge in [-0.25, -0.2) is 4.98 Å². The largest absolute Gasteiger partial charge is 0.454 e. The van der Waals surface area contributed by atoms with Gasteiger partial charge in [-0.15, -0.1) is 0 Å². The van der Waals surface area contributed by atoms with Crippen molar-refractivity contribution in [2.75, 3.05) is 6.79 Å². The topological polar surface area (TPSA) is 88.3 Å². The van der Waals surface area contributed by atoms with Crippen LogP contribution in [-0.2, 0) is 0 Å². The molecule has 0 bridgehead atoms. The highest BCUT2D eigenvalue weighted by atomic mass is 16.7. The van der Waals surface area contributed by atoms with E-state index in [0.717, 1.165) is 40.2 Å². The minimum atomic E-state index is -0.155. The second-order valence-corrected chi connectivity index (χ2v) is 11.0. The number of piperidine rings is 1. The summed E-state index contributed by atoms with van der Waals surface area (Å²) in [6.07, 6.45) is 1.71. The molecule has 6 rings (SSSR count). The van der Waals surface area contributed by atoms with Crippen molar-refractivity contribution in [1.29, 1.82) is 0 Å². The lowest BCUT2D eigenvalue weighted by molar-refractivity contribution is 0.0868. The molecule has 2 aliphatic heterocycles. The fourth-order valence-corrected chi connectivity index (χ4v) is 5.90. The zero-order valence-electron chi connectivity index (χ0n) is 20.5. The van der Waals surface area contributed by atoms with Crippen molar-refractivity contribution in [3.8, 4) is 22.8 Å². The van der Waals surface area contributed by atoms with Crippen molar-refractivity contribution in [3.63, 3.8) is 0 Å². The Morgan fingerprint density at radius 1 is 0.971 bits per heavy atom. The number of nitrogens with one attached hydrogen (secondary N) is 3. The van der Waals surface area contributed by atoms with Crippen LogP contribution in [0.1, 0.15) is 51.0 Å². The molecule has 4 heterocycles. The third-order valence-corrected chi connectivity index (χ3v) is 6.90. The van der Waals surface area contributed by atoms with Gasteiger partial charge in [0, 0.05) is 39.0 Å². The van der Waals surface area contributed by atoms with Crippen molar-refractivity contribution in [3.05, 3.63) is 54.2 Å². The molecule has 0 saturated carbocycles. The molecule has 180 valence electrons. The molecule has 0 spiro atoms. The van der Waals surface area contributed by atoms with E-state index in [2.05, 4.69) is 49.4 Å². The molecule has 2 aromatic heterocycles. The number of hydrogen-bond donors (Lipinski definition) is 3. The number of pyridine rings is 1. The van der Waals surface area contributed by atoms with E-state index in [1.807, 2.05) is 42.5 Å². The summed E-state index contributed by atoms with van der Waals surface area (Å²) in [7, 11) is 0. The van der Waals surface area contributed by atoms with E-state index >= 15 is 0 Å². The molecular weight excluding hydrogens is 440 g/mol. The molecule has 1 saturated heterocycles. The molecule has 0 aliphatic carbocycles. The number of para-hydroxylation sites is 1. The van der Waals surface area contributed by atoms with Gasteiger partial charge in [-0.05, 0) is 70.9 Å². The molecule has 35 heavy (non-hydrogen) atoms. The summed E-state index contributed by atoms with van der Waals surface area (Å²) in [5.74, 6) is 1.24. The number of hydrogen-bond acceptors (Lipinski definition) is 5. The van der Waals surface area contributed by atoms with Crippen molar-refractivity contribution < 1.29 is 14.3 Å². The van der Waals surface area contributed by atoms with Gasteiger partial charge < -0.3 is 25.1 Å². The Balaban J connectivity index is 1.44. The van der Waals surface area contributed by atoms with Crippen LogP contribution in [0.5, 0.6) is 11.5 Å². The summed E-state index contributed by atoms with van der Waals surface area (Å²) in [5, 5.41) is 8.98. The van der Waals surface area contributed by atoms with E-state index < -0.39 is 0 Å². The van der Waals surface area contributed by atoms with Crippen molar-refractivity contribution in [2.24, 2.45) is 0 Å². The van der Waals surface area contributed by atoms with Crippen LogP contribution >= 0.6 is 0 Å². The summed E-state index contributed by atoms with van der Waals surface area (Å²) >= 11 is 0. The Morgan fingerprint density at radius 2 is 1.71 bits per heavy atom. The van der Waals surface area contributed by atoms with Gasteiger partial charge in [0.1, 0.15) is 5.69 Å². The van der Waals surface area contributed by atoms with Gasteiger partial charge in [0.25, 0.3) is 5.91 Å². The van der Waals surface area contributed by atoms with E-state index in [-0.39, 0.29) is 29.8 Å². The normalized spacial score (nSPS) is 18.7. The van der Waals surface area contributed by atoms with Crippen LogP contribution in [0.15, 0.2) is 48.5 Å². The minimum absolute atomic E-state index is 0.0585. The molecule has 4 aromatic rings. The molecule has 0 atom stereocenters. The number of carbonyl (C=O) groups is 1. The maximum atomic E-state index is 13.6. The molecule has 1 amide bonds. The minimum Gasteiger partial charge on any atom is -0.454 e. The molecule has 2 aliphatic rings. The number of aromatic amines is 1. The lowest BCUT2D eigenvalue weighted by Crippen LogP contribution is -2.62. The van der Waals surface area contributed by atoms with Gasteiger partial charge in [0.15, 0.2) is 11.5 Å². The zero-order chi connectivity index (χ0) is 24.4. The quantitative estimate of drug-likeness (QED) is 0.385. The Kier molecular flexibility index (Phi) is 4.83. The first-order valence-corrected chi connectivity index (χ1v) is 12.1. The van der Waals surface area contributed by atoms with Crippen LogP contribution in [0.2, 0.25) is 0 Å².